The minimum Gasteiger partial charge on any atom is -0.489 e. The summed E-state index contributed by atoms with van der Waals surface area (Å²) in [7, 11) is 0. The molecule has 1 aliphatic rings. The molecule has 0 fully saturated rings. The van der Waals surface area contributed by atoms with Crippen molar-refractivity contribution in [1.29, 1.82) is 0 Å². The van der Waals surface area contributed by atoms with Gasteiger partial charge in [0.2, 0.25) is 0 Å². The Morgan fingerprint density at radius 2 is 2.20 bits per heavy atom. The molecule has 1 aromatic rings. The lowest BCUT2D eigenvalue weighted by molar-refractivity contribution is -0.143. The van der Waals surface area contributed by atoms with Crippen molar-refractivity contribution in [3.8, 4) is 11.5 Å². The molecule has 0 saturated heterocycles. The van der Waals surface area contributed by atoms with Crippen LogP contribution in [0.1, 0.15) is 31.4 Å². The van der Waals surface area contributed by atoms with Gasteiger partial charge in [-0.1, -0.05) is 11.6 Å². The third-order valence-corrected chi connectivity index (χ3v) is 3.23. The summed E-state index contributed by atoms with van der Waals surface area (Å²) in [6.45, 7) is 3.24. The average Bonchev–Trinajstić information content (AvgIpc) is 2.64. The summed E-state index contributed by atoms with van der Waals surface area (Å²) in [6, 6.07) is 3.00. The van der Waals surface area contributed by atoms with Crippen LogP contribution in [0.3, 0.4) is 0 Å². The third-order valence-electron chi connectivity index (χ3n) is 2.94. The highest BCUT2D eigenvalue weighted by Crippen LogP contribution is 2.39. The molecule has 0 aromatic heterocycles. The maximum absolute atomic E-state index is 11.5. The molecule has 6 heteroatoms. The van der Waals surface area contributed by atoms with Crippen LogP contribution in [0.15, 0.2) is 12.1 Å². The second kappa shape index (κ2) is 6.81. The lowest BCUT2D eigenvalue weighted by Gasteiger charge is -2.15. The van der Waals surface area contributed by atoms with Crippen molar-refractivity contribution in [2.24, 2.45) is 5.73 Å². The lowest BCUT2D eigenvalue weighted by atomic mass is 10.0. The molecule has 0 amide bonds. The second-order valence-corrected chi connectivity index (χ2v) is 4.90. The Morgan fingerprint density at radius 3 is 2.95 bits per heavy atom. The number of carbonyl (C=O) groups is 1. The molecule has 1 aromatic carbocycles. The molecule has 0 aliphatic carbocycles. The van der Waals surface area contributed by atoms with E-state index in [1.807, 2.05) is 0 Å². The lowest BCUT2D eigenvalue weighted by Crippen LogP contribution is -2.17. The van der Waals surface area contributed by atoms with Crippen LogP contribution in [-0.2, 0) is 9.53 Å². The van der Waals surface area contributed by atoms with Crippen molar-refractivity contribution >= 4 is 17.6 Å². The summed E-state index contributed by atoms with van der Waals surface area (Å²) in [5.74, 6) is 0.781. The highest BCUT2D eigenvalue weighted by Gasteiger charge is 2.19. The molecule has 2 N–H and O–H groups in total. The van der Waals surface area contributed by atoms with Gasteiger partial charge in [-0.2, -0.15) is 0 Å². The first-order chi connectivity index (χ1) is 9.61. The molecule has 0 spiro atoms. The van der Waals surface area contributed by atoms with Gasteiger partial charge in [-0.3, -0.25) is 4.79 Å². The van der Waals surface area contributed by atoms with Crippen LogP contribution in [0.25, 0.3) is 0 Å². The Hall–Kier alpha value is -1.46. The summed E-state index contributed by atoms with van der Waals surface area (Å²) in [5, 5.41) is 0.443. The monoisotopic (exact) mass is 299 g/mol. The minimum atomic E-state index is -0.483. The summed E-state index contributed by atoms with van der Waals surface area (Å²) in [4.78, 5) is 11.5. The van der Waals surface area contributed by atoms with Crippen LogP contribution in [-0.4, -0.2) is 25.8 Å². The van der Waals surface area contributed by atoms with Crippen LogP contribution in [0.4, 0.5) is 0 Å². The van der Waals surface area contributed by atoms with Crippen molar-refractivity contribution in [2.45, 2.75) is 25.8 Å². The van der Waals surface area contributed by atoms with E-state index in [1.54, 1.807) is 19.1 Å². The van der Waals surface area contributed by atoms with Crippen LogP contribution in [0.2, 0.25) is 5.02 Å². The summed E-state index contributed by atoms with van der Waals surface area (Å²) >= 11 is 6.18. The Balaban J connectivity index is 2.18. The molecule has 1 heterocycles. The van der Waals surface area contributed by atoms with Crippen LogP contribution < -0.4 is 15.2 Å². The number of hydrogen-bond acceptors (Lipinski definition) is 5. The number of hydrogen-bond donors (Lipinski definition) is 1. The van der Waals surface area contributed by atoms with Crippen molar-refractivity contribution in [2.75, 3.05) is 19.8 Å². The van der Waals surface area contributed by atoms with Crippen LogP contribution in [0, 0.1) is 0 Å². The van der Waals surface area contributed by atoms with Gasteiger partial charge in [-0.25, -0.2) is 0 Å². The predicted octanol–water partition coefficient (Wildman–Crippen LogP) is 2.45. The van der Waals surface area contributed by atoms with Gasteiger partial charge in [0.05, 0.1) is 31.3 Å². The maximum atomic E-state index is 11.5. The molecule has 1 atom stereocenters. The molecule has 0 saturated carbocycles. The molecule has 110 valence electrons. The van der Waals surface area contributed by atoms with E-state index in [2.05, 4.69) is 0 Å². The zero-order valence-corrected chi connectivity index (χ0v) is 12.1. The minimum absolute atomic E-state index is 0.101. The Kier molecular flexibility index (Phi) is 5.09. The SMILES string of the molecule is CCOC(=O)C[C@H](N)c1cc(Cl)c2c(c1)OCCCO2. The zero-order valence-electron chi connectivity index (χ0n) is 11.4. The molecular formula is C14H18ClNO4. The van der Waals surface area contributed by atoms with E-state index in [-0.39, 0.29) is 12.4 Å². The first-order valence-electron chi connectivity index (χ1n) is 6.62. The fourth-order valence-electron chi connectivity index (χ4n) is 1.98. The molecule has 0 unspecified atom stereocenters. The summed E-state index contributed by atoms with van der Waals surface area (Å²) in [6.07, 6.45) is 0.902. The number of benzene rings is 1. The number of ether oxygens (including phenoxy) is 3. The first kappa shape index (κ1) is 14.9. The summed E-state index contributed by atoms with van der Waals surface area (Å²) < 4.78 is 16.0. The van der Waals surface area contributed by atoms with Gasteiger partial charge in [0.25, 0.3) is 0 Å². The van der Waals surface area contributed by atoms with Crippen molar-refractivity contribution < 1.29 is 19.0 Å². The van der Waals surface area contributed by atoms with Gasteiger partial charge in [0.15, 0.2) is 11.5 Å². The van der Waals surface area contributed by atoms with Gasteiger partial charge in [0.1, 0.15) is 0 Å². The molecule has 20 heavy (non-hydrogen) atoms. The number of esters is 1. The fraction of sp³-hybridized carbons (Fsp3) is 0.500. The van der Waals surface area contributed by atoms with E-state index >= 15 is 0 Å². The number of rotatable bonds is 4. The topological polar surface area (TPSA) is 70.8 Å². The van der Waals surface area contributed by atoms with E-state index in [0.29, 0.717) is 36.3 Å². The van der Waals surface area contributed by atoms with Crippen molar-refractivity contribution in [3.05, 3.63) is 22.7 Å². The molecule has 2 rings (SSSR count). The number of fused-ring (bicyclic) bond motifs is 1. The van der Waals surface area contributed by atoms with Gasteiger partial charge in [-0.15, -0.1) is 0 Å². The number of halogens is 1. The van der Waals surface area contributed by atoms with E-state index in [0.717, 1.165) is 12.0 Å². The molecule has 1 aliphatic heterocycles. The zero-order chi connectivity index (χ0) is 14.5. The molecule has 0 bridgehead atoms. The number of carbonyl (C=O) groups excluding carboxylic acids is 1. The second-order valence-electron chi connectivity index (χ2n) is 4.50. The van der Waals surface area contributed by atoms with Gasteiger partial charge < -0.3 is 19.9 Å². The van der Waals surface area contributed by atoms with E-state index < -0.39 is 6.04 Å². The molecular weight excluding hydrogens is 282 g/mol. The fourth-order valence-corrected chi connectivity index (χ4v) is 2.26. The van der Waals surface area contributed by atoms with Crippen molar-refractivity contribution in [1.82, 2.24) is 0 Å². The van der Waals surface area contributed by atoms with E-state index in [9.17, 15) is 4.79 Å². The van der Waals surface area contributed by atoms with Gasteiger partial charge >= 0.3 is 5.97 Å². The third kappa shape index (κ3) is 3.55. The number of nitrogens with two attached hydrogens (primary N) is 1. The Bertz CT molecular complexity index is 492. The quantitative estimate of drug-likeness (QED) is 0.865. The smallest absolute Gasteiger partial charge is 0.307 e. The normalized spacial score (nSPS) is 15.3. The van der Waals surface area contributed by atoms with E-state index in [4.69, 9.17) is 31.5 Å². The average molecular weight is 300 g/mol. The first-order valence-corrected chi connectivity index (χ1v) is 7.00. The highest BCUT2D eigenvalue weighted by atomic mass is 35.5. The van der Waals surface area contributed by atoms with Crippen LogP contribution >= 0.6 is 11.6 Å². The maximum Gasteiger partial charge on any atom is 0.307 e. The largest absolute Gasteiger partial charge is 0.489 e. The Morgan fingerprint density at radius 1 is 1.45 bits per heavy atom. The van der Waals surface area contributed by atoms with E-state index in [1.165, 1.54) is 0 Å². The molecule has 0 radical (unpaired) electrons. The van der Waals surface area contributed by atoms with Gasteiger partial charge in [-0.05, 0) is 24.6 Å². The van der Waals surface area contributed by atoms with Crippen LogP contribution in [0.5, 0.6) is 11.5 Å². The standard InChI is InChI=1S/C14H18ClNO4/c1-2-18-13(17)8-11(16)9-6-10(15)14-12(7-9)19-4-3-5-20-14/h6-7,11H,2-5,8,16H2,1H3/t11-/m0/s1. The molecule has 5 nitrogen and oxygen atoms in total. The predicted molar refractivity (Wildman–Crippen MR) is 75.2 cm³/mol. The van der Waals surface area contributed by atoms with Gasteiger partial charge in [0, 0.05) is 12.5 Å². The van der Waals surface area contributed by atoms with Crippen molar-refractivity contribution in [3.63, 3.8) is 0 Å². The highest BCUT2D eigenvalue weighted by molar-refractivity contribution is 6.32. The summed E-state index contributed by atoms with van der Waals surface area (Å²) in [5.41, 5.74) is 6.74. The Labute approximate surface area is 122 Å².